The van der Waals surface area contributed by atoms with Crippen molar-refractivity contribution < 1.29 is 19.1 Å². The summed E-state index contributed by atoms with van der Waals surface area (Å²) in [5.74, 6) is 1.33. The second kappa shape index (κ2) is 13.5. The van der Waals surface area contributed by atoms with Crippen molar-refractivity contribution in [2.75, 3.05) is 26.8 Å². The van der Waals surface area contributed by atoms with Crippen LogP contribution in [0.1, 0.15) is 46.3 Å². The average molecular weight is 502 g/mol. The number of nitrogens with one attached hydrogen (secondary N) is 2. The van der Waals surface area contributed by atoms with Gasteiger partial charge in [-0.15, -0.1) is 0 Å². The van der Waals surface area contributed by atoms with E-state index in [0.29, 0.717) is 50.6 Å². The number of methoxy groups -OCH3 is 1. The first-order valence-electron chi connectivity index (χ1n) is 12.8. The summed E-state index contributed by atoms with van der Waals surface area (Å²) in [6.45, 7) is 3.11. The van der Waals surface area contributed by atoms with Gasteiger partial charge >= 0.3 is 0 Å². The number of ether oxygens (including phenoxy) is 2. The molecular formula is C30H35N3O4. The molecule has 0 unspecified atom stereocenters. The van der Waals surface area contributed by atoms with Crippen LogP contribution in [0.25, 0.3) is 0 Å². The summed E-state index contributed by atoms with van der Waals surface area (Å²) in [4.78, 5) is 27.7. The van der Waals surface area contributed by atoms with E-state index < -0.39 is 0 Å². The minimum atomic E-state index is -0.161. The van der Waals surface area contributed by atoms with Crippen molar-refractivity contribution in [1.82, 2.24) is 15.5 Å². The van der Waals surface area contributed by atoms with Gasteiger partial charge in [0.2, 0.25) is 5.91 Å². The van der Waals surface area contributed by atoms with E-state index in [2.05, 4.69) is 27.7 Å². The predicted octanol–water partition coefficient (Wildman–Crippen LogP) is 4.31. The molecule has 0 saturated heterocycles. The van der Waals surface area contributed by atoms with Gasteiger partial charge in [-0.1, -0.05) is 48.5 Å². The summed E-state index contributed by atoms with van der Waals surface area (Å²) in [5.41, 5.74) is 3.62. The molecule has 0 aliphatic carbocycles. The van der Waals surface area contributed by atoms with Gasteiger partial charge in [0.25, 0.3) is 5.91 Å². The Morgan fingerprint density at radius 2 is 1.78 bits per heavy atom. The molecule has 4 rings (SSSR count). The van der Waals surface area contributed by atoms with Crippen LogP contribution in [-0.2, 0) is 24.4 Å². The van der Waals surface area contributed by atoms with Crippen molar-refractivity contribution >= 4 is 11.8 Å². The molecule has 37 heavy (non-hydrogen) atoms. The monoisotopic (exact) mass is 501 g/mol. The Kier molecular flexibility index (Phi) is 9.54. The largest absolute Gasteiger partial charge is 0.497 e. The molecule has 194 valence electrons. The highest BCUT2D eigenvalue weighted by atomic mass is 16.5. The topological polar surface area (TPSA) is 79.9 Å². The van der Waals surface area contributed by atoms with Gasteiger partial charge in [0, 0.05) is 37.3 Å². The maximum Gasteiger partial charge on any atom is 0.251 e. The quantitative estimate of drug-likeness (QED) is 0.526. The molecule has 0 atom stereocenters. The lowest BCUT2D eigenvalue weighted by Crippen LogP contribution is -2.37. The van der Waals surface area contributed by atoms with Gasteiger partial charge in [0.05, 0.1) is 20.3 Å². The van der Waals surface area contributed by atoms with Crippen LogP contribution in [0.2, 0.25) is 0 Å². The number of hydrogen-bond acceptors (Lipinski definition) is 5. The zero-order valence-corrected chi connectivity index (χ0v) is 21.4. The lowest BCUT2D eigenvalue weighted by molar-refractivity contribution is -0.122. The third-order valence-electron chi connectivity index (χ3n) is 6.35. The van der Waals surface area contributed by atoms with Crippen LogP contribution in [0.3, 0.4) is 0 Å². The Labute approximate surface area is 218 Å². The molecule has 0 bridgehead atoms. The van der Waals surface area contributed by atoms with Crippen molar-refractivity contribution in [3.8, 4) is 11.5 Å². The fourth-order valence-corrected chi connectivity index (χ4v) is 4.31. The van der Waals surface area contributed by atoms with E-state index >= 15 is 0 Å². The van der Waals surface area contributed by atoms with Gasteiger partial charge < -0.3 is 20.1 Å². The third kappa shape index (κ3) is 8.08. The molecule has 2 N–H and O–H groups in total. The van der Waals surface area contributed by atoms with E-state index in [9.17, 15) is 9.59 Å². The normalized spacial score (nSPS) is 15.1. The van der Waals surface area contributed by atoms with E-state index in [4.69, 9.17) is 9.47 Å². The number of fused-ring (bicyclic) bond motifs is 1. The van der Waals surface area contributed by atoms with Crippen LogP contribution in [-0.4, -0.2) is 43.5 Å². The minimum Gasteiger partial charge on any atom is -0.497 e. The summed E-state index contributed by atoms with van der Waals surface area (Å²) in [6.07, 6.45) is 2.76. The van der Waals surface area contributed by atoms with Crippen LogP contribution in [0.15, 0.2) is 72.8 Å². The molecule has 7 nitrogen and oxygen atoms in total. The highest BCUT2D eigenvalue weighted by molar-refractivity contribution is 5.94. The number of hydrogen-bond donors (Lipinski definition) is 2. The second-order valence-corrected chi connectivity index (χ2v) is 9.24. The van der Waals surface area contributed by atoms with Crippen molar-refractivity contribution in [3.05, 3.63) is 95.1 Å². The Morgan fingerprint density at radius 3 is 2.57 bits per heavy atom. The summed E-state index contributed by atoms with van der Waals surface area (Å²) < 4.78 is 11.4. The highest BCUT2D eigenvalue weighted by Crippen LogP contribution is 2.24. The molecule has 3 aromatic rings. The standard InChI is InChI=1S/C30H35N3O4/c1-36-27-14-10-23(11-15-27)19-32-30(35)25-12-13-26-21-33(20-24-8-4-2-5-9-24)22-29(34)31-16-6-3-7-17-37-28(26)18-25/h2,4-5,8-15,18H,3,6-7,16-17,19-22H2,1H3,(H,31,34)(H,32,35). The molecule has 1 aliphatic rings. The molecule has 0 radical (unpaired) electrons. The second-order valence-electron chi connectivity index (χ2n) is 9.24. The first-order valence-corrected chi connectivity index (χ1v) is 12.8. The molecule has 1 aliphatic heterocycles. The van der Waals surface area contributed by atoms with E-state index in [1.165, 1.54) is 0 Å². The number of carbonyl (C=O) groups is 2. The molecular weight excluding hydrogens is 466 g/mol. The molecule has 7 heteroatoms. The number of benzene rings is 3. The number of rotatable bonds is 6. The molecule has 1 heterocycles. The van der Waals surface area contributed by atoms with Gasteiger partial charge in [0.15, 0.2) is 0 Å². The smallest absolute Gasteiger partial charge is 0.251 e. The van der Waals surface area contributed by atoms with E-state index in [1.54, 1.807) is 7.11 Å². The minimum absolute atomic E-state index is 0.0205. The number of carbonyl (C=O) groups excluding carboxylic acids is 2. The van der Waals surface area contributed by atoms with Crippen molar-refractivity contribution in [1.29, 1.82) is 0 Å². The maximum atomic E-state index is 12.9. The van der Waals surface area contributed by atoms with Crippen molar-refractivity contribution in [3.63, 3.8) is 0 Å². The first kappa shape index (κ1) is 26.2. The molecule has 0 aromatic heterocycles. The maximum absolute atomic E-state index is 12.9. The first-order chi connectivity index (χ1) is 18.1. The lowest BCUT2D eigenvalue weighted by Gasteiger charge is -2.23. The Hall–Kier alpha value is -3.84. The summed E-state index contributed by atoms with van der Waals surface area (Å²) in [7, 11) is 1.63. The Bertz CT molecular complexity index is 1170. The summed E-state index contributed by atoms with van der Waals surface area (Å²) in [6, 6.07) is 23.3. The van der Waals surface area contributed by atoms with Gasteiger partial charge in [-0.25, -0.2) is 0 Å². The van der Waals surface area contributed by atoms with Crippen LogP contribution < -0.4 is 20.1 Å². The van der Waals surface area contributed by atoms with Gasteiger partial charge in [0.1, 0.15) is 11.5 Å². The summed E-state index contributed by atoms with van der Waals surface area (Å²) in [5, 5.41) is 6.02. The van der Waals surface area contributed by atoms with E-state index in [-0.39, 0.29) is 11.8 Å². The van der Waals surface area contributed by atoms with Gasteiger partial charge in [-0.05, 0) is 54.7 Å². The molecule has 3 aromatic carbocycles. The van der Waals surface area contributed by atoms with Gasteiger partial charge in [-0.2, -0.15) is 0 Å². The average Bonchev–Trinajstić information content (AvgIpc) is 2.93. The fraction of sp³-hybridized carbons (Fsp3) is 0.333. The molecule has 2 amide bonds. The predicted molar refractivity (Wildman–Crippen MR) is 144 cm³/mol. The Morgan fingerprint density at radius 1 is 0.973 bits per heavy atom. The van der Waals surface area contributed by atoms with E-state index in [0.717, 1.165) is 41.7 Å². The Balaban J connectivity index is 1.51. The van der Waals surface area contributed by atoms with E-state index in [1.807, 2.05) is 60.7 Å². The lowest BCUT2D eigenvalue weighted by atomic mass is 10.1. The fourth-order valence-electron chi connectivity index (χ4n) is 4.31. The number of nitrogens with zero attached hydrogens (tertiary/aromatic N) is 1. The molecule has 0 saturated carbocycles. The third-order valence-corrected chi connectivity index (χ3v) is 6.35. The molecule has 0 fully saturated rings. The number of amides is 2. The van der Waals surface area contributed by atoms with Crippen molar-refractivity contribution in [2.24, 2.45) is 0 Å². The van der Waals surface area contributed by atoms with Crippen molar-refractivity contribution in [2.45, 2.75) is 38.9 Å². The van der Waals surface area contributed by atoms with Crippen LogP contribution in [0.4, 0.5) is 0 Å². The highest BCUT2D eigenvalue weighted by Gasteiger charge is 2.17. The van der Waals surface area contributed by atoms with Crippen LogP contribution in [0, 0.1) is 0 Å². The zero-order valence-electron chi connectivity index (χ0n) is 21.4. The molecule has 0 spiro atoms. The van der Waals surface area contributed by atoms with Gasteiger partial charge in [-0.3, -0.25) is 14.5 Å². The van der Waals surface area contributed by atoms with Crippen LogP contribution in [0.5, 0.6) is 11.5 Å². The SMILES string of the molecule is COc1ccc(CNC(=O)c2ccc3c(c2)OCCCCCNC(=O)CN(Cc2ccccc2)C3)cc1. The zero-order chi connectivity index (χ0) is 25.9. The summed E-state index contributed by atoms with van der Waals surface area (Å²) >= 11 is 0. The van der Waals surface area contributed by atoms with Crippen LogP contribution >= 0.6 is 0 Å².